The first-order chi connectivity index (χ1) is 16.6. The highest BCUT2D eigenvalue weighted by Gasteiger charge is 2.24. The molecule has 0 spiro atoms. The molecule has 166 valence electrons. The fourth-order valence-electron chi connectivity index (χ4n) is 4.48. The number of hydrogen-bond acceptors (Lipinski definition) is 5. The van der Waals surface area contributed by atoms with Crippen molar-refractivity contribution in [2.45, 2.75) is 19.5 Å². The van der Waals surface area contributed by atoms with Crippen LogP contribution >= 0.6 is 0 Å². The van der Waals surface area contributed by atoms with Gasteiger partial charge in [-0.15, -0.1) is 0 Å². The van der Waals surface area contributed by atoms with Gasteiger partial charge in [-0.05, 0) is 41.5 Å². The van der Waals surface area contributed by atoms with Gasteiger partial charge in [0.25, 0.3) is 5.91 Å². The highest BCUT2D eigenvalue weighted by Crippen LogP contribution is 2.33. The number of carbonyl (C=O) groups excluding carboxylic acids is 2. The average Bonchev–Trinajstić information content (AvgIpc) is 3.24. The molecule has 0 radical (unpaired) electrons. The maximum absolute atomic E-state index is 13.0. The second kappa shape index (κ2) is 8.12. The van der Waals surface area contributed by atoms with Crippen LogP contribution in [-0.4, -0.2) is 26.7 Å². The van der Waals surface area contributed by atoms with Crippen LogP contribution in [0, 0.1) is 0 Å². The van der Waals surface area contributed by atoms with E-state index in [4.69, 9.17) is 4.98 Å². The summed E-state index contributed by atoms with van der Waals surface area (Å²) in [7, 11) is 0. The van der Waals surface area contributed by atoms with Crippen LogP contribution in [0.3, 0.4) is 0 Å². The number of nitrogens with one attached hydrogen (secondary N) is 2. The zero-order valence-electron chi connectivity index (χ0n) is 18.3. The Kier molecular flexibility index (Phi) is 4.80. The van der Waals surface area contributed by atoms with E-state index in [1.54, 1.807) is 6.20 Å². The Morgan fingerprint density at radius 1 is 0.882 bits per heavy atom. The average molecular weight is 447 g/mol. The van der Waals surface area contributed by atoms with Crippen molar-refractivity contribution in [2.75, 3.05) is 10.6 Å². The van der Waals surface area contributed by atoms with Gasteiger partial charge < -0.3 is 15.5 Å². The second-order valence-corrected chi connectivity index (χ2v) is 8.47. The SMILES string of the molecule is O=C1Cc2cnc(Nc3ccc(C(=O)N4Cc5ccccc5C4)cc3)nc2-c2ccccc2N1. The largest absolute Gasteiger partial charge is 0.330 e. The van der Waals surface area contributed by atoms with Gasteiger partial charge in [0, 0.05) is 41.7 Å². The van der Waals surface area contributed by atoms with Gasteiger partial charge in [0.15, 0.2) is 0 Å². The van der Waals surface area contributed by atoms with Crippen LogP contribution < -0.4 is 10.6 Å². The van der Waals surface area contributed by atoms with E-state index in [9.17, 15) is 9.59 Å². The monoisotopic (exact) mass is 447 g/mol. The van der Waals surface area contributed by atoms with E-state index in [2.05, 4.69) is 27.8 Å². The normalized spacial score (nSPS) is 13.9. The Morgan fingerprint density at radius 2 is 1.59 bits per heavy atom. The van der Waals surface area contributed by atoms with Crippen LogP contribution in [0.2, 0.25) is 0 Å². The van der Waals surface area contributed by atoms with Gasteiger partial charge in [0.2, 0.25) is 11.9 Å². The van der Waals surface area contributed by atoms with E-state index in [1.807, 2.05) is 65.6 Å². The van der Waals surface area contributed by atoms with Crippen molar-refractivity contribution in [3.05, 3.63) is 101 Å². The molecule has 34 heavy (non-hydrogen) atoms. The molecule has 0 fully saturated rings. The van der Waals surface area contributed by atoms with Gasteiger partial charge in [-0.25, -0.2) is 9.97 Å². The second-order valence-electron chi connectivity index (χ2n) is 8.47. The minimum Gasteiger partial charge on any atom is -0.330 e. The molecule has 7 nitrogen and oxygen atoms in total. The molecule has 4 aromatic rings. The van der Waals surface area contributed by atoms with E-state index in [0.717, 1.165) is 28.2 Å². The number of nitrogens with zero attached hydrogens (tertiary/aromatic N) is 3. The van der Waals surface area contributed by atoms with E-state index in [1.165, 1.54) is 11.1 Å². The van der Waals surface area contributed by atoms with E-state index < -0.39 is 0 Å². The molecule has 0 aliphatic carbocycles. The molecule has 2 amide bonds. The molecule has 0 unspecified atom stereocenters. The van der Waals surface area contributed by atoms with Crippen LogP contribution in [0.15, 0.2) is 79.0 Å². The summed E-state index contributed by atoms with van der Waals surface area (Å²) in [5.41, 5.74) is 6.93. The summed E-state index contributed by atoms with van der Waals surface area (Å²) >= 11 is 0. The molecule has 0 atom stereocenters. The third-order valence-electron chi connectivity index (χ3n) is 6.19. The lowest BCUT2D eigenvalue weighted by Gasteiger charge is -2.16. The molecule has 0 bridgehead atoms. The zero-order valence-corrected chi connectivity index (χ0v) is 18.3. The minimum absolute atomic E-state index is 0.0119. The Balaban J connectivity index is 1.21. The van der Waals surface area contributed by atoms with Gasteiger partial charge in [0.05, 0.1) is 17.8 Å². The maximum atomic E-state index is 13.0. The molecule has 2 aliphatic heterocycles. The first-order valence-corrected chi connectivity index (χ1v) is 11.1. The number of hydrogen-bond donors (Lipinski definition) is 2. The molecule has 0 saturated heterocycles. The van der Waals surface area contributed by atoms with Gasteiger partial charge in [-0.1, -0.05) is 42.5 Å². The van der Waals surface area contributed by atoms with Crippen molar-refractivity contribution >= 4 is 29.1 Å². The fourth-order valence-corrected chi connectivity index (χ4v) is 4.48. The molecule has 1 aromatic heterocycles. The summed E-state index contributed by atoms with van der Waals surface area (Å²) in [5.74, 6) is 0.353. The van der Waals surface area contributed by atoms with Crippen LogP contribution in [0.1, 0.15) is 27.0 Å². The molecule has 7 heteroatoms. The predicted octanol–water partition coefficient (Wildman–Crippen LogP) is 4.54. The van der Waals surface area contributed by atoms with Crippen molar-refractivity contribution in [3.63, 3.8) is 0 Å². The molecule has 2 aliphatic rings. The predicted molar refractivity (Wildman–Crippen MR) is 130 cm³/mol. The lowest BCUT2D eigenvalue weighted by molar-refractivity contribution is -0.115. The van der Waals surface area contributed by atoms with Crippen molar-refractivity contribution in [1.29, 1.82) is 0 Å². The highest BCUT2D eigenvalue weighted by atomic mass is 16.2. The van der Waals surface area contributed by atoms with Crippen LogP contribution in [0.25, 0.3) is 11.3 Å². The van der Waals surface area contributed by atoms with Gasteiger partial charge >= 0.3 is 0 Å². The lowest BCUT2D eigenvalue weighted by Crippen LogP contribution is -2.25. The van der Waals surface area contributed by atoms with Crippen molar-refractivity contribution < 1.29 is 9.59 Å². The number of rotatable bonds is 3. The smallest absolute Gasteiger partial charge is 0.254 e. The maximum Gasteiger partial charge on any atom is 0.254 e. The number of fused-ring (bicyclic) bond motifs is 4. The molecule has 3 heterocycles. The molecule has 2 N–H and O–H groups in total. The number of amides is 2. The highest BCUT2D eigenvalue weighted by molar-refractivity contribution is 6.00. The number of carbonyl (C=O) groups is 2. The topological polar surface area (TPSA) is 87.2 Å². The van der Waals surface area contributed by atoms with E-state index >= 15 is 0 Å². The van der Waals surface area contributed by atoms with Gasteiger partial charge in [-0.2, -0.15) is 0 Å². The number of benzene rings is 3. The van der Waals surface area contributed by atoms with Crippen LogP contribution in [0.5, 0.6) is 0 Å². The van der Waals surface area contributed by atoms with Crippen LogP contribution in [-0.2, 0) is 24.3 Å². The van der Waals surface area contributed by atoms with Crippen molar-refractivity contribution in [2.24, 2.45) is 0 Å². The summed E-state index contributed by atoms with van der Waals surface area (Å²) in [6.45, 7) is 1.27. The first kappa shape index (κ1) is 20.1. The summed E-state index contributed by atoms with van der Waals surface area (Å²) in [4.78, 5) is 36.1. The Hall–Kier alpha value is -4.52. The number of para-hydroxylation sites is 1. The molecule has 6 rings (SSSR count). The molecule has 0 saturated carbocycles. The third-order valence-corrected chi connectivity index (χ3v) is 6.19. The molecular weight excluding hydrogens is 426 g/mol. The van der Waals surface area contributed by atoms with Crippen LogP contribution in [0.4, 0.5) is 17.3 Å². The number of aromatic nitrogens is 2. The lowest BCUT2D eigenvalue weighted by atomic mass is 10.1. The Bertz CT molecular complexity index is 1410. The van der Waals surface area contributed by atoms with E-state index in [0.29, 0.717) is 24.6 Å². The van der Waals surface area contributed by atoms with Crippen molar-refractivity contribution in [1.82, 2.24) is 14.9 Å². The minimum atomic E-state index is -0.0862. The summed E-state index contributed by atoms with van der Waals surface area (Å²) in [6, 6.07) is 23.1. The summed E-state index contributed by atoms with van der Waals surface area (Å²) in [6.07, 6.45) is 1.91. The van der Waals surface area contributed by atoms with E-state index in [-0.39, 0.29) is 18.2 Å². The zero-order chi connectivity index (χ0) is 23.1. The molecule has 3 aromatic carbocycles. The Labute approximate surface area is 196 Å². The standard InChI is InChI=1S/C27H21N5O2/c33-24-13-20-14-28-27(31-25(20)22-7-3-4-8-23(22)30-24)29-21-11-9-17(10-12-21)26(34)32-15-18-5-1-2-6-19(18)16-32/h1-12,14H,13,15-16H2,(H,30,33)(H,28,29,31). The van der Waals surface area contributed by atoms with Gasteiger partial charge in [0.1, 0.15) is 0 Å². The summed E-state index contributed by atoms with van der Waals surface area (Å²) in [5, 5.41) is 6.14. The fraction of sp³-hybridized carbons (Fsp3) is 0.111. The van der Waals surface area contributed by atoms with Crippen molar-refractivity contribution in [3.8, 4) is 11.3 Å². The third kappa shape index (κ3) is 3.67. The first-order valence-electron chi connectivity index (χ1n) is 11.1. The van der Waals surface area contributed by atoms with Gasteiger partial charge in [-0.3, -0.25) is 9.59 Å². The summed E-state index contributed by atoms with van der Waals surface area (Å²) < 4.78 is 0. The number of anilines is 3. The quantitative estimate of drug-likeness (QED) is 0.482. The Morgan fingerprint density at radius 3 is 2.35 bits per heavy atom. The molecular formula is C27H21N5O2.